The molecule has 0 unspecified atom stereocenters. The van der Waals surface area contributed by atoms with E-state index in [2.05, 4.69) is 5.43 Å². The quantitative estimate of drug-likeness (QED) is 0.171. The lowest BCUT2D eigenvalue weighted by atomic mass is 9.49. The zero-order valence-electron chi connectivity index (χ0n) is 27.9. The second kappa shape index (κ2) is 11.7. The Labute approximate surface area is 295 Å². The lowest BCUT2D eigenvalue weighted by Gasteiger charge is -2.50. The third kappa shape index (κ3) is 4.51. The van der Waals surface area contributed by atoms with Crippen molar-refractivity contribution < 1.29 is 24.3 Å². The van der Waals surface area contributed by atoms with Gasteiger partial charge < -0.3 is 5.11 Å². The molecule has 4 aromatic carbocycles. The minimum Gasteiger partial charge on any atom is -0.507 e. The number of benzene rings is 4. The molecule has 9 heteroatoms. The van der Waals surface area contributed by atoms with Crippen molar-refractivity contribution in [2.75, 3.05) is 10.3 Å². The van der Waals surface area contributed by atoms with Crippen molar-refractivity contribution in [1.29, 1.82) is 0 Å². The van der Waals surface area contributed by atoms with Crippen molar-refractivity contribution in [1.82, 2.24) is 5.01 Å². The zero-order valence-corrected chi connectivity index (χ0v) is 28.6. The van der Waals surface area contributed by atoms with Crippen LogP contribution in [-0.2, 0) is 24.6 Å². The normalized spacial score (nSPS) is 27.2. The van der Waals surface area contributed by atoms with Crippen LogP contribution in [0.2, 0.25) is 5.02 Å². The Bertz CT molecular complexity index is 2130. The number of aryl methyl sites for hydroxylation is 3. The maximum atomic E-state index is 15.2. The fourth-order valence-electron chi connectivity index (χ4n) is 8.98. The Morgan fingerprint density at radius 2 is 1.54 bits per heavy atom. The minimum absolute atomic E-state index is 0.0326. The SMILES string of the molecule is Cc1ccc(NN2C(=O)[C@@H]3C[C@@H]4C(=CC[C@@H]5C(=O)N(c6ccc(C)c(Cl)c6)C(=O)[C@@H]54)[C@H](c4cccc(C)c4O)[C@]3(c3ccccc3)C2=O)cc1. The molecule has 0 aromatic heterocycles. The number of carbonyl (C=O) groups excluding carboxylic acids is 4. The number of nitrogens with zero attached hydrogens (tertiary/aromatic N) is 2. The monoisotopic (exact) mass is 685 g/mol. The Morgan fingerprint density at radius 3 is 2.26 bits per heavy atom. The van der Waals surface area contributed by atoms with Gasteiger partial charge in [0, 0.05) is 16.5 Å². The van der Waals surface area contributed by atoms with E-state index in [0.717, 1.165) is 21.7 Å². The van der Waals surface area contributed by atoms with E-state index in [9.17, 15) is 19.5 Å². The summed E-state index contributed by atoms with van der Waals surface area (Å²) in [5.74, 6) is -5.12. The first-order valence-electron chi connectivity index (χ1n) is 16.9. The van der Waals surface area contributed by atoms with Crippen LogP contribution in [0.3, 0.4) is 0 Å². The lowest BCUT2D eigenvalue weighted by molar-refractivity contribution is -0.138. The summed E-state index contributed by atoms with van der Waals surface area (Å²) in [6.45, 7) is 5.61. The van der Waals surface area contributed by atoms with Crippen molar-refractivity contribution in [2.24, 2.45) is 23.7 Å². The van der Waals surface area contributed by atoms with Gasteiger partial charge >= 0.3 is 0 Å². The highest BCUT2D eigenvalue weighted by Gasteiger charge is 2.70. The number of carbonyl (C=O) groups is 4. The van der Waals surface area contributed by atoms with Crippen molar-refractivity contribution in [3.8, 4) is 5.75 Å². The van der Waals surface area contributed by atoms with Crippen LogP contribution in [-0.4, -0.2) is 33.7 Å². The molecule has 252 valence electrons. The first kappa shape index (κ1) is 32.0. The van der Waals surface area contributed by atoms with Gasteiger partial charge in [0.15, 0.2) is 0 Å². The van der Waals surface area contributed by atoms with E-state index in [1.807, 2.05) is 80.6 Å². The summed E-state index contributed by atoms with van der Waals surface area (Å²) in [5.41, 5.74) is 7.07. The molecule has 2 heterocycles. The number of allylic oxidation sites excluding steroid dienone is 2. The third-order valence-corrected chi connectivity index (χ3v) is 11.8. The number of phenolic OH excluding ortho intramolecular Hbond substituents is 1. The van der Waals surface area contributed by atoms with Gasteiger partial charge in [-0.05, 0) is 80.5 Å². The first-order chi connectivity index (χ1) is 24.0. The first-order valence-corrected chi connectivity index (χ1v) is 17.3. The summed E-state index contributed by atoms with van der Waals surface area (Å²) in [4.78, 5) is 59.8. The number of phenols is 1. The van der Waals surface area contributed by atoms with E-state index >= 15 is 4.79 Å². The molecule has 8 nitrogen and oxygen atoms in total. The molecule has 4 amide bonds. The van der Waals surface area contributed by atoms with Crippen molar-refractivity contribution in [3.05, 3.63) is 135 Å². The van der Waals surface area contributed by atoms with Gasteiger partial charge in [-0.2, -0.15) is 5.01 Å². The molecular weight excluding hydrogens is 650 g/mol. The summed E-state index contributed by atoms with van der Waals surface area (Å²) in [6, 6.07) is 27.3. The molecule has 2 aliphatic carbocycles. The third-order valence-electron chi connectivity index (χ3n) is 11.4. The molecule has 50 heavy (non-hydrogen) atoms. The summed E-state index contributed by atoms with van der Waals surface area (Å²) in [6.07, 6.45) is 2.44. The standard InChI is InChI=1S/C41H36ClN3O5/c1-22-12-15-26(16-13-22)43-45-38(48)32-21-31-28(18-19-29-34(31)39(49)44(37(29)47)27-17-14-23(2)33(42)20-27)35(30-11-7-8-24(3)36(30)46)41(32,40(45)50)25-9-5-4-6-10-25/h4-18,20,29,31-32,34-35,43,46H,19,21H2,1-3H3/t29-,31+,32-,34-,35+,41+/m0/s1. The zero-order chi connectivity index (χ0) is 35.1. The van der Waals surface area contributed by atoms with Gasteiger partial charge in [-0.25, -0.2) is 4.90 Å². The van der Waals surface area contributed by atoms with Crippen LogP contribution in [0, 0.1) is 44.4 Å². The molecule has 1 saturated carbocycles. The Kier molecular flexibility index (Phi) is 7.49. The Hall–Kier alpha value is -5.21. The molecular formula is C41H36ClN3O5. The van der Waals surface area contributed by atoms with E-state index < -0.39 is 46.8 Å². The maximum absolute atomic E-state index is 15.2. The van der Waals surface area contributed by atoms with E-state index in [1.54, 1.807) is 37.3 Å². The van der Waals surface area contributed by atoms with Gasteiger partial charge in [-0.3, -0.25) is 24.6 Å². The van der Waals surface area contributed by atoms with Crippen LogP contribution < -0.4 is 10.3 Å². The molecule has 2 N–H and O–H groups in total. The van der Waals surface area contributed by atoms with Crippen LogP contribution >= 0.6 is 11.6 Å². The van der Waals surface area contributed by atoms with Crippen LogP contribution in [0.1, 0.15) is 46.6 Å². The number of hydrogen-bond donors (Lipinski definition) is 2. The Morgan fingerprint density at radius 1 is 0.800 bits per heavy atom. The molecule has 0 bridgehead atoms. The number of rotatable bonds is 5. The summed E-state index contributed by atoms with van der Waals surface area (Å²) >= 11 is 6.45. The predicted molar refractivity (Wildman–Crippen MR) is 190 cm³/mol. The van der Waals surface area contributed by atoms with Crippen LogP contribution in [0.15, 0.2) is 103 Å². The summed E-state index contributed by atoms with van der Waals surface area (Å²) in [7, 11) is 0. The number of halogens is 1. The predicted octanol–water partition coefficient (Wildman–Crippen LogP) is 7.16. The minimum atomic E-state index is -1.45. The molecule has 3 fully saturated rings. The number of anilines is 2. The summed E-state index contributed by atoms with van der Waals surface area (Å²) in [5, 5.41) is 13.3. The van der Waals surface area contributed by atoms with E-state index in [-0.39, 0.29) is 30.4 Å². The number of imide groups is 2. The number of hydrogen-bond acceptors (Lipinski definition) is 6. The topological polar surface area (TPSA) is 107 Å². The van der Waals surface area contributed by atoms with Gasteiger partial charge in [0.2, 0.25) is 11.8 Å². The van der Waals surface area contributed by atoms with Gasteiger partial charge in [-0.1, -0.05) is 95.5 Å². The number of hydrazine groups is 1. The molecule has 6 atom stereocenters. The Balaban J connectivity index is 1.32. The van der Waals surface area contributed by atoms with Crippen molar-refractivity contribution in [2.45, 2.75) is 44.9 Å². The fraction of sp³-hybridized carbons (Fsp3) is 0.268. The van der Waals surface area contributed by atoms with Crippen LogP contribution in [0.4, 0.5) is 11.4 Å². The van der Waals surface area contributed by atoms with Crippen LogP contribution in [0.5, 0.6) is 5.75 Å². The van der Waals surface area contributed by atoms with Crippen molar-refractivity contribution in [3.63, 3.8) is 0 Å². The van der Waals surface area contributed by atoms with E-state index in [0.29, 0.717) is 33.1 Å². The lowest BCUT2D eigenvalue weighted by Crippen LogP contribution is -2.53. The molecule has 2 aliphatic heterocycles. The molecule has 8 rings (SSSR count). The van der Waals surface area contributed by atoms with E-state index in [4.69, 9.17) is 11.6 Å². The van der Waals surface area contributed by atoms with Crippen LogP contribution in [0.25, 0.3) is 0 Å². The van der Waals surface area contributed by atoms with Gasteiger partial charge in [0.25, 0.3) is 11.8 Å². The average Bonchev–Trinajstić information content (AvgIpc) is 3.49. The van der Waals surface area contributed by atoms with Gasteiger partial charge in [0.1, 0.15) is 5.75 Å². The number of nitrogens with one attached hydrogen (secondary N) is 1. The largest absolute Gasteiger partial charge is 0.507 e. The highest BCUT2D eigenvalue weighted by molar-refractivity contribution is 6.32. The highest BCUT2D eigenvalue weighted by atomic mass is 35.5. The second-order valence-corrected chi connectivity index (χ2v) is 14.5. The number of fused-ring (bicyclic) bond motifs is 4. The molecule has 2 saturated heterocycles. The maximum Gasteiger partial charge on any atom is 0.260 e. The molecule has 0 spiro atoms. The summed E-state index contributed by atoms with van der Waals surface area (Å²) < 4.78 is 0. The smallest absolute Gasteiger partial charge is 0.260 e. The number of para-hydroxylation sites is 1. The molecule has 4 aliphatic rings. The van der Waals surface area contributed by atoms with Gasteiger partial charge in [-0.15, -0.1) is 0 Å². The number of aromatic hydroxyl groups is 1. The van der Waals surface area contributed by atoms with Crippen molar-refractivity contribution >= 4 is 46.6 Å². The molecule has 4 aromatic rings. The highest BCUT2D eigenvalue weighted by Crippen LogP contribution is 2.65. The van der Waals surface area contributed by atoms with Gasteiger partial charge in [0.05, 0.1) is 34.5 Å². The fourth-order valence-corrected chi connectivity index (χ4v) is 9.16. The number of amides is 4. The average molecular weight is 686 g/mol. The van der Waals surface area contributed by atoms with E-state index in [1.165, 1.54) is 4.90 Å². The second-order valence-electron chi connectivity index (χ2n) is 14.0. The molecule has 0 radical (unpaired) electrons.